The molecule has 0 aromatic heterocycles. The lowest BCUT2D eigenvalue weighted by Gasteiger charge is -1.48. The van der Waals surface area contributed by atoms with Crippen molar-refractivity contribution in [2.45, 2.75) is 20.3 Å². The molecule has 0 nitrogen and oxygen atoms in total. The van der Waals surface area contributed by atoms with Crippen molar-refractivity contribution in [2.75, 3.05) is 0 Å². The molecule has 0 amide bonds. The Morgan fingerprint density at radius 2 is 1.25 bits per heavy atom. The summed E-state index contributed by atoms with van der Waals surface area (Å²) >= 11 is 0. The highest BCUT2D eigenvalue weighted by molar-refractivity contribution is 3.92. The van der Waals surface area contributed by atoms with Gasteiger partial charge in [0.25, 0.3) is 0 Å². The lowest BCUT2D eigenvalue weighted by molar-refractivity contribution is 1.09. The highest BCUT2D eigenvalue weighted by atomic mass is 13.4. The van der Waals surface area contributed by atoms with Crippen molar-refractivity contribution in [1.82, 2.24) is 0 Å². The monoisotopic (exact) mass is 57.1 g/mol. The topological polar surface area (TPSA) is 0 Å². The van der Waals surface area contributed by atoms with Crippen molar-refractivity contribution in [3.8, 4) is 0 Å². The highest BCUT2D eigenvalue weighted by Gasteiger charge is 1.35. The maximum atomic E-state index is 2.12. The second-order valence-electron chi connectivity index (χ2n) is 0.707. The van der Waals surface area contributed by atoms with E-state index in [2.05, 4.69) is 13.8 Å². The van der Waals surface area contributed by atoms with Gasteiger partial charge in [-0.3, -0.25) is 0 Å². The fourth-order valence-corrected chi connectivity index (χ4v) is 0. The summed E-state index contributed by atoms with van der Waals surface area (Å²) in [6, 6.07) is 0. The third-order valence-corrected chi connectivity index (χ3v) is 0. The van der Waals surface area contributed by atoms with Crippen LogP contribution in [0.25, 0.3) is 0 Å². The predicted octanol–water partition coefficient (Wildman–Crippen LogP) is 1.62. The molecule has 0 aliphatic heterocycles. The van der Waals surface area contributed by atoms with Crippen LogP contribution in [0.2, 0.25) is 0 Å². The molecule has 0 aliphatic rings. The van der Waals surface area contributed by atoms with E-state index >= 15 is 0 Å². The van der Waals surface area contributed by atoms with Crippen LogP contribution >= 0.6 is 0 Å². The summed E-state index contributed by atoms with van der Waals surface area (Å²) < 4.78 is 0. The van der Waals surface area contributed by atoms with Gasteiger partial charge in [-0.1, -0.05) is 20.3 Å². The van der Waals surface area contributed by atoms with Gasteiger partial charge in [0.15, 0.2) is 0 Å². The van der Waals surface area contributed by atoms with Crippen molar-refractivity contribution in [3.05, 3.63) is 7.43 Å². The average molecular weight is 57.1 g/mol. The van der Waals surface area contributed by atoms with E-state index < -0.39 is 0 Å². The summed E-state index contributed by atoms with van der Waals surface area (Å²) in [5.74, 6) is 0. The Labute approximate surface area is 28.8 Å². The van der Waals surface area contributed by atoms with Crippen molar-refractivity contribution in [1.29, 1.82) is 0 Å². The largest absolute Gasteiger partial charge is 0.0656 e. The molecule has 3 radical (unpaired) electrons. The lowest BCUT2D eigenvalue weighted by atomic mass is 10.6. The van der Waals surface area contributed by atoms with E-state index in [4.69, 9.17) is 0 Å². The van der Waals surface area contributed by atoms with Crippen molar-refractivity contribution in [3.63, 3.8) is 0 Å². The fourth-order valence-electron chi connectivity index (χ4n) is 0. The first-order valence-electron chi connectivity index (χ1n) is 1.41. The zero-order valence-corrected chi connectivity index (χ0v) is 3.28. The van der Waals surface area contributed by atoms with Gasteiger partial charge in [0.05, 0.1) is 0 Å². The van der Waals surface area contributed by atoms with E-state index in [0.29, 0.717) is 0 Å². The zero-order chi connectivity index (χ0) is 2.71. The van der Waals surface area contributed by atoms with Gasteiger partial charge in [0.2, 0.25) is 0 Å². The van der Waals surface area contributed by atoms with E-state index in [-0.39, 0.29) is 7.43 Å². The first-order valence-corrected chi connectivity index (χ1v) is 1.41. The molecule has 25 valence electrons. The molecule has 0 aliphatic carbocycles. The standard InChI is InChI=1S/C3H8.CH/c1-3-2;/h3H2,1-2H3;1H. The van der Waals surface area contributed by atoms with Gasteiger partial charge >= 0.3 is 0 Å². The van der Waals surface area contributed by atoms with Crippen LogP contribution in [0.3, 0.4) is 0 Å². The molecule has 0 bridgehead atoms. The average Bonchev–Trinajstić information content (AvgIpc) is 0.918. The first-order chi connectivity index (χ1) is 1.41. The molecule has 0 heterocycles. The van der Waals surface area contributed by atoms with E-state index in [1.54, 1.807) is 0 Å². The van der Waals surface area contributed by atoms with Crippen LogP contribution in [-0.2, 0) is 0 Å². The second kappa shape index (κ2) is 12.0. The molecule has 0 N–H and O–H groups in total. The Morgan fingerprint density at radius 3 is 1.25 bits per heavy atom. The van der Waals surface area contributed by atoms with Crippen LogP contribution in [0, 0.1) is 7.43 Å². The zero-order valence-electron chi connectivity index (χ0n) is 3.28. The summed E-state index contributed by atoms with van der Waals surface area (Å²) in [5.41, 5.74) is 0. The molecule has 0 rings (SSSR count). The lowest BCUT2D eigenvalue weighted by Crippen LogP contribution is -1.27. The van der Waals surface area contributed by atoms with Gasteiger partial charge in [-0.15, -0.1) is 0 Å². The molecule has 4 heavy (non-hydrogen) atoms. The number of hydrogen-bond donors (Lipinski definition) is 0. The molecule has 0 heteroatoms. The van der Waals surface area contributed by atoms with E-state index in [1.165, 1.54) is 6.42 Å². The van der Waals surface area contributed by atoms with Crippen LogP contribution in [0.1, 0.15) is 20.3 Å². The van der Waals surface area contributed by atoms with E-state index in [0.717, 1.165) is 0 Å². The minimum atomic E-state index is 0. The Bertz CT molecular complexity index is 0. The maximum absolute atomic E-state index is 2.12. The molecule has 0 saturated heterocycles. The van der Waals surface area contributed by atoms with Crippen LogP contribution in [0.4, 0.5) is 0 Å². The van der Waals surface area contributed by atoms with Crippen LogP contribution in [0.5, 0.6) is 0 Å². The molecule has 0 aromatic carbocycles. The quantitative estimate of drug-likeness (QED) is 0.396. The summed E-state index contributed by atoms with van der Waals surface area (Å²) in [6.07, 6.45) is 1.25. The van der Waals surface area contributed by atoms with Gasteiger partial charge in [0.1, 0.15) is 0 Å². The third kappa shape index (κ3) is 0. The normalized spacial score (nSPS) is 4.50. The Hall–Kier alpha value is 0. The molecule has 0 fully saturated rings. The molecule has 0 atom stereocenters. The number of rotatable bonds is 0. The fraction of sp³-hybridized carbons (Fsp3) is 0.750. The smallest absolute Gasteiger partial charge is 0.0312 e. The molecule has 0 saturated carbocycles. The SMILES string of the molecule is CCC.[CH]. The van der Waals surface area contributed by atoms with Crippen molar-refractivity contribution >= 4 is 0 Å². The summed E-state index contributed by atoms with van der Waals surface area (Å²) in [5, 5.41) is 0. The van der Waals surface area contributed by atoms with Crippen molar-refractivity contribution < 1.29 is 0 Å². The van der Waals surface area contributed by atoms with Crippen LogP contribution in [-0.4, -0.2) is 0 Å². The first kappa shape index (κ1) is 9.00. The van der Waals surface area contributed by atoms with Crippen LogP contribution < -0.4 is 0 Å². The summed E-state index contributed by atoms with van der Waals surface area (Å²) in [4.78, 5) is 0. The minimum Gasteiger partial charge on any atom is -0.0656 e. The Kier molecular flexibility index (Phi) is 27.0. The van der Waals surface area contributed by atoms with E-state index in [9.17, 15) is 0 Å². The highest BCUT2D eigenvalue weighted by Crippen LogP contribution is 1.56. The van der Waals surface area contributed by atoms with Gasteiger partial charge in [0, 0.05) is 0 Å². The summed E-state index contributed by atoms with van der Waals surface area (Å²) in [6.45, 7) is 4.25. The maximum Gasteiger partial charge on any atom is -0.0312 e. The third-order valence-electron chi connectivity index (χ3n) is 0. The molecular formula is C4H9. The number of hydrogen-bond acceptors (Lipinski definition) is 0. The van der Waals surface area contributed by atoms with Gasteiger partial charge in [-0.25, -0.2) is 0 Å². The van der Waals surface area contributed by atoms with Crippen molar-refractivity contribution in [2.24, 2.45) is 0 Å². The van der Waals surface area contributed by atoms with Gasteiger partial charge in [-0.05, 0) is 7.43 Å². The molecule has 0 aromatic rings. The minimum absolute atomic E-state index is 0. The van der Waals surface area contributed by atoms with E-state index in [1.807, 2.05) is 0 Å². The van der Waals surface area contributed by atoms with Gasteiger partial charge in [-0.2, -0.15) is 0 Å². The Morgan fingerprint density at radius 1 is 1.25 bits per heavy atom. The molecular weight excluding hydrogens is 48.0 g/mol. The predicted molar refractivity (Wildman–Crippen MR) is 20.3 cm³/mol. The Balaban J connectivity index is 0. The second-order valence-corrected chi connectivity index (χ2v) is 0.707. The summed E-state index contributed by atoms with van der Waals surface area (Å²) in [7, 11) is 0. The molecule has 0 unspecified atom stereocenters. The van der Waals surface area contributed by atoms with Gasteiger partial charge < -0.3 is 0 Å². The molecule has 0 spiro atoms. The van der Waals surface area contributed by atoms with Crippen LogP contribution in [0.15, 0.2) is 0 Å².